The van der Waals surface area contributed by atoms with E-state index in [2.05, 4.69) is 10.7 Å². The zero-order chi connectivity index (χ0) is 16.8. The van der Waals surface area contributed by atoms with Crippen molar-refractivity contribution in [3.8, 4) is 0 Å². The number of halogens is 1. The molecule has 0 saturated carbocycles. The summed E-state index contributed by atoms with van der Waals surface area (Å²) < 4.78 is 13.7. The molecule has 3 atom stereocenters. The van der Waals surface area contributed by atoms with Crippen molar-refractivity contribution in [2.24, 2.45) is 5.73 Å². The lowest BCUT2D eigenvalue weighted by molar-refractivity contribution is -0.133. The molecular weight excluding hydrogens is 311 g/mol. The Morgan fingerprint density at radius 1 is 1.38 bits per heavy atom. The van der Waals surface area contributed by atoms with E-state index in [1.165, 1.54) is 17.1 Å². The van der Waals surface area contributed by atoms with Gasteiger partial charge in [0.1, 0.15) is 5.82 Å². The summed E-state index contributed by atoms with van der Waals surface area (Å²) in [5.41, 5.74) is 12.4. The Kier molecular flexibility index (Phi) is 3.79. The summed E-state index contributed by atoms with van der Waals surface area (Å²) in [4.78, 5) is 13.1. The number of anilines is 1. The predicted octanol–water partition coefficient (Wildman–Crippen LogP) is 1.16. The first-order chi connectivity index (χ1) is 11.5. The maximum absolute atomic E-state index is 13.7. The van der Waals surface area contributed by atoms with Gasteiger partial charge in [-0.2, -0.15) is 0 Å². The summed E-state index contributed by atoms with van der Waals surface area (Å²) >= 11 is 0. The highest BCUT2D eigenvalue weighted by Crippen LogP contribution is 2.38. The minimum Gasteiger partial charge on any atom is -0.393 e. The molecule has 1 aromatic carbocycles. The highest BCUT2D eigenvalue weighted by Gasteiger charge is 2.39. The monoisotopic (exact) mass is 332 g/mol. The molecule has 2 heterocycles. The lowest BCUT2D eigenvalue weighted by Crippen LogP contribution is -2.47. The number of hydrogen-bond acceptors (Lipinski definition) is 5. The van der Waals surface area contributed by atoms with E-state index in [4.69, 9.17) is 5.73 Å². The Morgan fingerprint density at radius 2 is 2.21 bits per heavy atom. The second kappa shape index (κ2) is 5.84. The maximum atomic E-state index is 13.7. The molecule has 1 aromatic rings. The predicted molar refractivity (Wildman–Crippen MR) is 87.1 cm³/mol. The van der Waals surface area contributed by atoms with Crippen LogP contribution in [0.25, 0.3) is 0 Å². The molecule has 1 aliphatic carbocycles. The van der Waals surface area contributed by atoms with Crippen LogP contribution in [0.5, 0.6) is 0 Å². The van der Waals surface area contributed by atoms with Gasteiger partial charge in [-0.3, -0.25) is 4.79 Å². The standard InChI is InChI=1S/C17H21FN4O2/c18-9-1-3-14-12(7-9)11(5-6-20-14)17(24)22-15-4-2-10(23)8-13(15)16(19)21-22/h1,3,7,10-11,16,20-21,23H,2,4-6,8,19H2/t10-,11-,16?/m1/s1. The molecule has 0 aromatic heterocycles. The fourth-order valence-corrected chi connectivity index (χ4v) is 3.89. The van der Waals surface area contributed by atoms with E-state index >= 15 is 0 Å². The van der Waals surface area contributed by atoms with Gasteiger partial charge in [0.15, 0.2) is 0 Å². The first-order valence-corrected chi connectivity index (χ1v) is 8.33. The first-order valence-electron chi connectivity index (χ1n) is 8.33. The molecule has 0 spiro atoms. The number of benzene rings is 1. The SMILES string of the molecule is NC1NN(C(=O)[C@@H]2CCNc3ccc(F)cc32)C2=C1C[C@H](O)CC2. The number of amides is 1. The molecule has 4 rings (SSSR count). The van der Waals surface area contributed by atoms with Gasteiger partial charge < -0.3 is 16.2 Å². The Morgan fingerprint density at radius 3 is 3.04 bits per heavy atom. The maximum Gasteiger partial charge on any atom is 0.248 e. The number of nitrogens with two attached hydrogens (primary N) is 1. The average Bonchev–Trinajstić information content (AvgIpc) is 2.90. The number of aliphatic hydroxyl groups excluding tert-OH is 1. The molecule has 6 nitrogen and oxygen atoms in total. The molecule has 0 radical (unpaired) electrons. The molecule has 7 heteroatoms. The van der Waals surface area contributed by atoms with Crippen molar-refractivity contribution in [1.29, 1.82) is 0 Å². The van der Waals surface area contributed by atoms with Gasteiger partial charge in [0.2, 0.25) is 5.91 Å². The summed E-state index contributed by atoms with van der Waals surface area (Å²) in [5.74, 6) is -0.863. The summed E-state index contributed by atoms with van der Waals surface area (Å²) in [6.45, 7) is 0.666. The number of hydrazine groups is 1. The number of rotatable bonds is 1. The van der Waals surface area contributed by atoms with Crippen molar-refractivity contribution >= 4 is 11.6 Å². The molecule has 5 N–H and O–H groups in total. The lowest BCUT2D eigenvalue weighted by Gasteiger charge is -2.31. The van der Waals surface area contributed by atoms with Crippen molar-refractivity contribution in [2.75, 3.05) is 11.9 Å². The van der Waals surface area contributed by atoms with Gasteiger partial charge in [-0.25, -0.2) is 14.8 Å². The molecule has 2 aliphatic heterocycles. The molecule has 128 valence electrons. The molecule has 0 bridgehead atoms. The van der Waals surface area contributed by atoms with Gasteiger partial charge in [-0.1, -0.05) is 0 Å². The number of hydrogen-bond donors (Lipinski definition) is 4. The van der Waals surface area contributed by atoms with Crippen LogP contribution >= 0.6 is 0 Å². The highest BCUT2D eigenvalue weighted by atomic mass is 19.1. The van der Waals surface area contributed by atoms with E-state index in [9.17, 15) is 14.3 Å². The van der Waals surface area contributed by atoms with Gasteiger partial charge in [0.05, 0.1) is 18.2 Å². The largest absolute Gasteiger partial charge is 0.393 e. The third-order valence-electron chi connectivity index (χ3n) is 5.11. The number of nitrogens with zero attached hydrogens (tertiary/aromatic N) is 1. The topological polar surface area (TPSA) is 90.6 Å². The van der Waals surface area contributed by atoms with Crippen LogP contribution in [-0.4, -0.2) is 34.8 Å². The molecular formula is C17H21FN4O2. The molecule has 3 aliphatic rings. The Hall–Kier alpha value is -1.96. The molecule has 1 unspecified atom stereocenters. The van der Waals surface area contributed by atoms with Crippen LogP contribution in [0.15, 0.2) is 29.5 Å². The Labute approximate surface area is 139 Å². The molecule has 24 heavy (non-hydrogen) atoms. The van der Waals surface area contributed by atoms with E-state index in [0.717, 1.165) is 17.0 Å². The number of carbonyl (C=O) groups excluding carboxylic acids is 1. The van der Waals surface area contributed by atoms with E-state index in [1.807, 2.05) is 0 Å². The molecule has 0 saturated heterocycles. The molecule has 1 amide bonds. The van der Waals surface area contributed by atoms with Gasteiger partial charge in [0, 0.05) is 17.9 Å². The van der Waals surface area contributed by atoms with E-state index in [1.54, 1.807) is 6.07 Å². The summed E-state index contributed by atoms with van der Waals surface area (Å²) in [6, 6.07) is 4.50. The highest BCUT2D eigenvalue weighted by molar-refractivity contribution is 5.88. The lowest BCUT2D eigenvalue weighted by atomic mass is 9.89. The second-order valence-corrected chi connectivity index (χ2v) is 6.65. The van der Waals surface area contributed by atoms with E-state index in [-0.39, 0.29) is 11.7 Å². The van der Waals surface area contributed by atoms with Crippen LogP contribution in [0, 0.1) is 5.82 Å². The van der Waals surface area contributed by atoms with Crippen LogP contribution in [0.2, 0.25) is 0 Å². The van der Waals surface area contributed by atoms with Gasteiger partial charge in [0.25, 0.3) is 0 Å². The Balaban J connectivity index is 1.65. The third kappa shape index (κ3) is 2.49. The number of allylic oxidation sites excluding steroid dienone is 1. The normalized spacial score (nSPS) is 29.1. The average molecular weight is 332 g/mol. The van der Waals surface area contributed by atoms with Crippen molar-refractivity contribution in [1.82, 2.24) is 10.4 Å². The third-order valence-corrected chi connectivity index (χ3v) is 5.11. The fraction of sp³-hybridized carbons (Fsp3) is 0.471. The van der Waals surface area contributed by atoms with Crippen LogP contribution in [0.4, 0.5) is 10.1 Å². The zero-order valence-electron chi connectivity index (χ0n) is 13.3. The van der Waals surface area contributed by atoms with E-state index < -0.39 is 18.2 Å². The van der Waals surface area contributed by atoms with Crippen LogP contribution < -0.4 is 16.5 Å². The molecule has 0 fully saturated rings. The van der Waals surface area contributed by atoms with Gasteiger partial charge >= 0.3 is 0 Å². The van der Waals surface area contributed by atoms with Crippen LogP contribution in [0.3, 0.4) is 0 Å². The van der Waals surface area contributed by atoms with Crippen molar-refractivity contribution in [3.05, 3.63) is 40.8 Å². The summed E-state index contributed by atoms with van der Waals surface area (Å²) in [7, 11) is 0. The number of aliphatic hydroxyl groups is 1. The van der Waals surface area contributed by atoms with Gasteiger partial charge in [-0.15, -0.1) is 0 Å². The first kappa shape index (κ1) is 15.6. The fourth-order valence-electron chi connectivity index (χ4n) is 3.89. The van der Waals surface area contributed by atoms with Crippen molar-refractivity contribution in [2.45, 2.75) is 43.9 Å². The number of fused-ring (bicyclic) bond motifs is 1. The smallest absolute Gasteiger partial charge is 0.248 e. The minimum atomic E-state index is -0.451. The summed E-state index contributed by atoms with van der Waals surface area (Å²) in [5, 5.41) is 14.6. The van der Waals surface area contributed by atoms with Crippen LogP contribution in [-0.2, 0) is 4.79 Å². The summed E-state index contributed by atoms with van der Waals surface area (Å²) in [6.07, 6.45) is 1.48. The number of carbonyl (C=O) groups is 1. The zero-order valence-corrected chi connectivity index (χ0v) is 13.3. The number of nitrogens with one attached hydrogen (secondary N) is 2. The quantitative estimate of drug-likeness (QED) is 0.619. The van der Waals surface area contributed by atoms with Crippen molar-refractivity contribution < 1.29 is 14.3 Å². The van der Waals surface area contributed by atoms with Crippen molar-refractivity contribution in [3.63, 3.8) is 0 Å². The second-order valence-electron chi connectivity index (χ2n) is 6.65. The van der Waals surface area contributed by atoms with Gasteiger partial charge in [-0.05, 0) is 55.0 Å². The van der Waals surface area contributed by atoms with E-state index in [0.29, 0.717) is 37.8 Å². The van der Waals surface area contributed by atoms with Crippen LogP contribution in [0.1, 0.15) is 37.2 Å². The minimum absolute atomic E-state index is 0.111. The Bertz CT molecular complexity index is 721.